The van der Waals surface area contributed by atoms with Crippen molar-refractivity contribution in [1.82, 2.24) is 15.1 Å². The highest BCUT2D eigenvalue weighted by Crippen LogP contribution is 2.08. The Balaban J connectivity index is 1.65. The molecule has 2 rings (SSSR count). The number of carbonyl (C=O) groups is 1. The van der Waals surface area contributed by atoms with E-state index in [1.54, 1.807) is 0 Å². The molecule has 0 radical (unpaired) electrons. The molecule has 1 saturated heterocycles. The summed E-state index contributed by atoms with van der Waals surface area (Å²) >= 11 is 0. The molecule has 1 aromatic carbocycles. The van der Waals surface area contributed by atoms with Crippen LogP contribution in [0.1, 0.15) is 25.3 Å². The minimum atomic E-state index is 0.167. The van der Waals surface area contributed by atoms with Crippen molar-refractivity contribution in [2.45, 2.75) is 26.3 Å². The van der Waals surface area contributed by atoms with E-state index in [1.807, 2.05) is 0 Å². The summed E-state index contributed by atoms with van der Waals surface area (Å²) in [5.41, 5.74) is 1.36. The monoisotopic (exact) mass is 289 g/mol. The van der Waals surface area contributed by atoms with Crippen molar-refractivity contribution in [3.63, 3.8) is 0 Å². The Kier molecular flexibility index (Phi) is 6.70. The first-order chi connectivity index (χ1) is 10.3. The van der Waals surface area contributed by atoms with Gasteiger partial charge in [-0.2, -0.15) is 0 Å². The Labute approximate surface area is 128 Å². The number of nitrogens with zero attached hydrogens (tertiary/aromatic N) is 2. The van der Waals surface area contributed by atoms with Crippen LogP contribution < -0.4 is 5.32 Å². The van der Waals surface area contributed by atoms with Crippen molar-refractivity contribution in [1.29, 1.82) is 0 Å². The van der Waals surface area contributed by atoms with Gasteiger partial charge in [-0.1, -0.05) is 43.7 Å². The number of carbonyl (C=O) groups excluding carboxylic acids is 1. The van der Waals surface area contributed by atoms with E-state index in [1.165, 1.54) is 5.56 Å². The standard InChI is InChI=1S/C17H27N3O/c1-2-3-9-18-17(21)15-20-12-10-19(11-13-20)14-16-7-5-4-6-8-16/h4-8H,2-3,9-15H2,1H3,(H,18,21). The second kappa shape index (κ2) is 8.80. The van der Waals surface area contributed by atoms with Gasteiger partial charge < -0.3 is 5.32 Å². The number of amides is 1. The average molecular weight is 289 g/mol. The Morgan fingerprint density at radius 1 is 1.10 bits per heavy atom. The second-order valence-corrected chi connectivity index (χ2v) is 5.74. The van der Waals surface area contributed by atoms with Crippen molar-refractivity contribution in [2.75, 3.05) is 39.3 Å². The SMILES string of the molecule is CCCCNC(=O)CN1CCN(Cc2ccccc2)CC1. The number of hydrogen-bond donors (Lipinski definition) is 1. The second-order valence-electron chi connectivity index (χ2n) is 5.74. The molecular formula is C17H27N3O. The van der Waals surface area contributed by atoms with Gasteiger partial charge in [-0.25, -0.2) is 0 Å². The van der Waals surface area contributed by atoms with E-state index in [-0.39, 0.29) is 5.91 Å². The lowest BCUT2D eigenvalue weighted by molar-refractivity contribution is -0.122. The number of rotatable bonds is 7. The van der Waals surface area contributed by atoms with E-state index in [0.717, 1.165) is 52.1 Å². The van der Waals surface area contributed by atoms with Crippen molar-refractivity contribution >= 4 is 5.91 Å². The fraction of sp³-hybridized carbons (Fsp3) is 0.588. The fourth-order valence-corrected chi connectivity index (χ4v) is 2.61. The highest BCUT2D eigenvalue weighted by Gasteiger charge is 2.18. The molecule has 0 atom stereocenters. The largest absolute Gasteiger partial charge is 0.355 e. The van der Waals surface area contributed by atoms with Crippen LogP contribution in [0.3, 0.4) is 0 Å². The summed E-state index contributed by atoms with van der Waals surface area (Å²) in [6, 6.07) is 10.6. The summed E-state index contributed by atoms with van der Waals surface area (Å²) < 4.78 is 0. The number of nitrogens with one attached hydrogen (secondary N) is 1. The maximum Gasteiger partial charge on any atom is 0.234 e. The Hall–Kier alpha value is -1.39. The summed E-state index contributed by atoms with van der Waals surface area (Å²) in [6.07, 6.45) is 2.19. The summed E-state index contributed by atoms with van der Waals surface area (Å²) in [5.74, 6) is 0.167. The van der Waals surface area contributed by atoms with Gasteiger partial charge in [-0.15, -0.1) is 0 Å². The van der Waals surface area contributed by atoms with Gasteiger partial charge >= 0.3 is 0 Å². The van der Waals surface area contributed by atoms with Gasteiger partial charge in [0.05, 0.1) is 6.54 Å². The van der Waals surface area contributed by atoms with Crippen LogP contribution in [-0.2, 0) is 11.3 Å². The van der Waals surface area contributed by atoms with Crippen LogP contribution in [0.2, 0.25) is 0 Å². The van der Waals surface area contributed by atoms with Crippen molar-refractivity contribution in [2.24, 2.45) is 0 Å². The van der Waals surface area contributed by atoms with Gasteiger partial charge in [0.1, 0.15) is 0 Å². The van der Waals surface area contributed by atoms with Crippen LogP contribution in [0.15, 0.2) is 30.3 Å². The molecule has 0 saturated carbocycles. The Morgan fingerprint density at radius 2 is 1.76 bits per heavy atom. The van der Waals surface area contributed by atoms with Crippen LogP contribution in [-0.4, -0.2) is 55.0 Å². The lowest BCUT2D eigenvalue weighted by Crippen LogP contribution is -2.49. The third-order valence-corrected chi connectivity index (χ3v) is 3.93. The first kappa shape index (κ1) is 16.0. The molecule has 1 amide bonds. The zero-order chi connectivity index (χ0) is 14.9. The van der Waals surface area contributed by atoms with Crippen LogP contribution in [0.25, 0.3) is 0 Å². The highest BCUT2D eigenvalue weighted by atomic mass is 16.2. The topological polar surface area (TPSA) is 35.6 Å². The summed E-state index contributed by atoms with van der Waals surface area (Å²) in [5, 5.41) is 2.99. The third-order valence-electron chi connectivity index (χ3n) is 3.93. The van der Waals surface area contributed by atoms with Gasteiger partial charge in [0.15, 0.2) is 0 Å². The quantitative estimate of drug-likeness (QED) is 0.776. The Bertz CT molecular complexity index is 413. The molecule has 0 aromatic heterocycles. The van der Waals surface area contributed by atoms with Crippen LogP contribution in [0.4, 0.5) is 0 Å². The molecule has 1 aromatic rings. The van der Waals surface area contributed by atoms with Gasteiger partial charge in [0.25, 0.3) is 0 Å². The fourth-order valence-electron chi connectivity index (χ4n) is 2.61. The number of piperazine rings is 1. The van der Waals surface area contributed by atoms with Crippen LogP contribution >= 0.6 is 0 Å². The Morgan fingerprint density at radius 3 is 2.43 bits per heavy atom. The van der Waals surface area contributed by atoms with Gasteiger partial charge in [0, 0.05) is 39.3 Å². The van der Waals surface area contributed by atoms with Gasteiger partial charge in [-0.05, 0) is 12.0 Å². The minimum absolute atomic E-state index is 0.167. The molecule has 116 valence electrons. The molecule has 4 nitrogen and oxygen atoms in total. The van der Waals surface area contributed by atoms with Gasteiger partial charge in [0.2, 0.25) is 5.91 Å². The molecular weight excluding hydrogens is 262 g/mol. The molecule has 1 aliphatic heterocycles. The van der Waals surface area contributed by atoms with E-state index < -0.39 is 0 Å². The molecule has 1 aliphatic rings. The average Bonchev–Trinajstić information content (AvgIpc) is 2.51. The van der Waals surface area contributed by atoms with E-state index in [4.69, 9.17) is 0 Å². The van der Waals surface area contributed by atoms with Crippen molar-refractivity contribution < 1.29 is 4.79 Å². The van der Waals surface area contributed by atoms with Gasteiger partial charge in [-0.3, -0.25) is 14.6 Å². The maximum atomic E-state index is 11.8. The number of benzene rings is 1. The first-order valence-electron chi connectivity index (χ1n) is 8.03. The van der Waals surface area contributed by atoms with E-state index in [0.29, 0.717) is 6.54 Å². The third kappa shape index (κ3) is 5.86. The zero-order valence-corrected chi connectivity index (χ0v) is 13.1. The molecule has 21 heavy (non-hydrogen) atoms. The van der Waals surface area contributed by atoms with E-state index >= 15 is 0 Å². The molecule has 0 unspecified atom stereocenters. The summed E-state index contributed by atoms with van der Waals surface area (Å²) in [7, 11) is 0. The predicted octanol–water partition coefficient (Wildman–Crippen LogP) is 1.72. The molecule has 1 heterocycles. The summed E-state index contributed by atoms with van der Waals surface area (Å²) in [4.78, 5) is 16.5. The summed E-state index contributed by atoms with van der Waals surface area (Å²) in [6.45, 7) is 8.54. The lowest BCUT2D eigenvalue weighted by atomic mass is 10.2. The van der Waals surface area contributed by atoms with Crippen molar-refractivity contribution in [3.05, 3.63) is 35.9 Å². The molecule has 1 N–H and O–H groups in total. The maximum absolute atomic E-state index is 11.8. The predicted molar refractivity (Wildman–Crippen MR) is 86.1 cm³/mol. The number of unbranched alkanes of at least 4 members (excludes halogenated alkanes) is 1. The van der Waals surface area contributed by atoms with Crippen molar-refractivity contribution in [3.8, 4) is 0 Å². The molecule has 1 fully saturated rings. The molecule has 4 heteroatoms. The smallest absolute Gasteiger partial charge is 0.234 e. The van der Waals surface area contributed by atoms with Crippen LogP contribution in [0, 0.1) is 0 Å². The normalized spacial score (nSPS) is 16.8. The molecule has 0 spiro atoms. The number of hydrogen-bond acceptors (Lipinski definition) is 3. The molecule has 0 aliphatic carbocycles. The van der Waals surface area contributed by atoms with Crippen LogP contribution in [0.5, 0.6) is 0 Å². The highest BCUT2D eigenvalue weighted by molar-refractivity contribution is 5.77. The minimum Gasteiger partial charge on any atom is -0.355 e. The molecule has 0 bridgehead atoms. The lowest BCUT2D eigenvalue weighted by Gasteiger charge is -2.34. The van der Waals surface area contributed by atoms with E-state index in [2.05, 4.69) is 52.4 Å². The van der Waals surface area contributed by atoms with E-state index in [9.17, 15) is 4.79 Å². The zero-order valence-electron chi connectivity index (χ0n) is 13.1. The first-order valence-corrected chi connectivity index (χ1v) is 8.03.